The molecule has 0 saturated carbocycles. The molecule has 0 bridgehead atoms. The van der Waals surface area contributed by atoms with E-state index in [0.29, 0.717) is 6.54 Å². The predicted molar refractivity (Wildman–Crippen MR) is 75.3 cm³/mol. The number of phenols is 1. The average molecular weight is 280 g/mol. The Kier molecular flexibility index (Phi) is 4.95. The van der Waals surface area contributed by atoms with E-state index in [2.05, 4.69) is 5.32 Å². The molecule has 1 heterocycles. The summed E-state index contributed by atoms with van der Waals surface area (Å²) in [4.78, 5) is 14.3. The highest BCUT2D eigenvalue weighted by Crippen LogP contribution is 2.24. The van der Waals surface area contributed by atoms with Crippen LogP contribution in [-0.4, -0.2) is 41.6 Å². The van der Waals surface area contributed by atoms with Crippen LogP contribution in [0.3, 0.4) is 0 Å². The zero-order valence-corrected chi connectivity index (χ0v) is 11.7. The molecule has 1 aromatic rings. The zero-order valence-electron chi connectivity index (χ0n) is 11.7. The third-order valence-corrected chi connectivity index (χ3v) is 3.64. The normalized spacial score (nSPS) is 18.8. The molecule has 1 aromatic carbocycles. The highest BCUT2D eigenvalue weighted by Gasteiger charge is 2.28. The van der Waals surface area contributed by atoms with Crippen LogP contribution in [0.5, 0.6) is 5.75 Å². The molecule has 1 aliphatic rings. The number of hydrogen-bond donors (Lipinski definition) is 2. The highest BCUT2D eigenvalue weighted by atomic mass is 19.1. The SMILES string of the molecule is CCCN(C(=O)c1c(O)cccc1F)C1CCCNC1. The maximum atomic E-state index is 13.8. The number of halogens is 1. The fourth-order valence-electron chi connectivity index (χ4n) is 2.66. The number of benzene rings is 1. The van der Waals surface area contributed by atoms with Crippen molar-refractivity contribution < 1.29 is 14.3 Å². The minimum Gasteiger partial charge on any atom is -0.507 e. The zero-order chi connectivity index (χ0) is 14.5. The molecule has 1 aliphatic heterocycles. The molecule has 2 rings (SSSR count). The van der Waals surface area contributed by atoms with Gasteiger partial charge in [-0.05, 0) is 37.9 Å². The first-order chi connectivity index (χ1) is 9.65. The van der Waals surface area contributed by atoms with E-state index < -0.39 is 11.7 Å². The summed E-state index contributed by atoms with van der Waals surface area (Å²) in [5.74, 6) is -1.38. The van der Waals surface area contributed by atoms with E-state index in [4.69, 9.17) is 0 Å². The van der Waals surface area contributed by atoms with Crippen molar-refractivity contribution in [2.24, 2.45) is 0 Å². The van der Waals surface area contributed by atoms with Crippen molar-refractivity contribution >= 4 is 5.91 Å². The van der Waals surface area contributed by atoms with E-state index in [9.17, 15) is 14.3 Å². The van der Waals surface area contributed by atoms with Gasteiger partial charge in [0, 0.05) is 19.1 Å². The van der Waals surface area contributed by atoms with Gasteiger partial charge in [-0.25, -0.2) is 4.39 Å². The van der Waals surface area contributed by atoms with E-state index in [0.717, 1.165) is 32.4 Å². The van der Waals surface area contributed by atoms with Gasteiger partial charge in [0.15, 0.2) is 0 Å². The van der Waals surface area contributed by atoms with Crippen LogP contribution in [0.4, 0.5) is 4.39 Å². The molecule has 1 atom stereocenters. The summed E-state index contributed by atoms with van der Waals surface area (Å²) in [6.07, 6.45) is 2.72. The van der Waals surface area contributed by atoms with Gasteiger partial charge >= 0.3 is 0 Å². The Bertz CT molecular complexity index is 453. The lowest BCUT2D eigenvalue weighted by Gasteiger charge is -2.34. The van der Waals surface area contributed by atoms with Crippen molar-refractivity contribution in [3.8, 4) is 5.75 Å². The van der Waals surface area contributed by atoms with Gasteiger partial charge in [-0.1, -0.05) is 13.0 Å². The van der Waals surface area contributed by atoms with Gasteiger partial charge in [0.25, 0.3) is 5.91 Å². The lowest BCUT2D eigenvalue weighted by molar-refractivity contribution is 0.0641. The maximum Gasteiger partial charge on any atom is 0.260 e. The Labute approximate surface area is 118 Å². The standard InChI is InChI=1S/C15H21FN2O2/c1-2-9-18(11-5-4-8-17-10-11)15(20)14-12(16)6-3-7-13(14)19/h3,6-7,11,17,19H,2,4-5,8-10H2,1H3. The Morgan fingerprint density at radius 2 is 2.35 bits per heavy atom. The first-order valence-corrected chi connectivity index (χ1v) is 7.14. The molecule has 0 aromatic heterocycles. The van der Waals surface area contributed by atoms with Crippen LogP contribution in [-0.2, 0) is 0 Å². The van der Waals surface area contributed by atoms with Crippen LogP contribution in [0.25, 0.3) is 0 Å². The Morgan fingerprint density at radius 3 is 2.95 bits per heavy atom. The number of nitrogens with zero attached hydrogens (tertiary/aromatic N) is 1. The van der Waals surface area contributed by atoms with Crippen LogP contribution >= 0.6 is 0 Å². The average Bonchev–Trinajstić information content (AvgIpc) is 2.45. The van der Waals surface area contributed by atoms with Crippen LogP contribution in [0.2, 0.25) is 0 Å². The van der Waals surface area contributed by atoms with E-state index in [1.165, 1.54) is 18.2 Å². The molecule has 0 spiro atoms. The van der Waals surface area contributed by atoms with Crippen molar-refractivity contribution in [2.45, 2.75) is 32.2 Å². The van der Waals surface area contributed by atoms with Gasteiger partial charge in [0.2, 0.25) is 0 Å². The fourth-order valence-corrected chi connectivity index (χ4v) is 2.66. The second-order valence-electron chi connectivity index (χ2n) is 5.13. The van der Waals surface area contributed by atoms with Crippen molar-refractivity contribution in [1.82, 2.24) is 10.2 Å². The summed E-state index contributed by atoms with van der Waals surface area (Å²) >= 11 is 0. The van der Waals surface area contributed by atoms with Gasteiger partial charge in [0.1, 0.15) is 17.1 Å². The predicted octanol–water partition coefficient (Wildman–Crippen LogP) is 2.14. The largest absolute Gasteiger partial charge is 0.507 e. The number of nitrogens with one attached hydrogen (secondary N) is 1. The second-order valence-corrected chi connectivity index (χ2v) is 5.13. The molecule has 20 heavy (non-hydrogen) atoms. The minimum absolute atomic E-state index is 0.0650. The molecule has 1 unspecified atom stereocenters. The lowest BCUT2D eigenvalue weighted by atomic mass is 10.0. The first-order valence-electron chi connectivity index (χ1n) is 7.14. The smallest absolute Gasteiger partial charge is 0.260 e. The molecule has 5 heteroatoms. The Hall–Kier alpha value is -1.62. The number of phenolic OH excluding ortho intramolecular Hbond substituents is 1. The number of carbonyl (C=O) groups excluding carboxylic acids is 1. The summed E-state index contributed by atoms with van der Waals surface area (Å²) in [5, 5.41) is 13.0. The monoisotopic (exact) mass is 280 g/mol. The molecular weight excluding hydrogens is 259 g/mol. The molecule has 1 fully saturated rings. The van der Waals surface area contributed by atoms with Crippen molar-refractivity contribution in [3.05, 3.63) is 29.6 Å². The Balaban J connectivity index is 2.26. The fraction of sp³-hybridized carbons (Fsp3) is 0.533. The summed E-state index contributed by atoms with van der Waals surface area (Å²) in [6.45, 7) is 4.23. The third kappa shape index (κ3) is 3.10. The molecule has 1 saturated heterocycles. The van der Waals surface area contributed by atoms with E-state index in [1.54, 1.807) is 4.90 Å². The number of amides is 1. The quantitative estimate of drug-likeness (QED) is 0.888. The van der Waals surface area contributed by atoms with Gasteiger partial charge in [-0.2, -0.15) is 0 Å². The number of piperidine rings is 1. The Morgan fingerprint density at radius 1 is 1.55 bits per heavy atom. The molecule has 0 radical (unpaired) electrons. The number of rotatable bonds is 4. The molecule has 110 valence electrons. The van der Waals surface area contributed by atoms with E-state index in [-0.39, 0.29) is 17.4 Å². The summed E-state index contributed by atoms with van der Waals surface area (Å²) < 4.78 is 13.8. The van der Waals surface area contributed by atoms with Crippen LogP contribution < -0.4 is 5.32 Å². The first kappa shape index (κ1) is 14.8. The third-order valence-electron chi connectivity index (χ3n) is 3.64. The number of hydrogen-bond acceptors (Lipinski definition) is 3. The van der Waals surface area contributed by atoms with Gasteiger partial charge in [0.05, 0.1) is 0 Å². The molecular formula is C15H21FN2O2. The van der Waals surface area contributed by atoms with Crippen molar-refractivity contribution in [2.75, 3.05) is 19.6 Å². The van der Waals surface area contributed by atoms with Crippen LogP contribution in [0.1, 0.15) is 36.5 Å². The topological polar surface area (TPSA) is 52.6 Å². The van der Waals surface area contributed by atoms with Crippen LogP contribution in [0, 0.1) is 5.82 Å². The number of aromatic hydroxyl groups is 1. The van der Waals surface area contributed by atoms with Gasteiger partial charge < -0.3 is 15.3 Å². The molecule has 1 amide bonds. The molecule has 2 N–H and O–H groups in total. The minimum atomic E-state index is -0.667. The van der Waals surface area contributed by atoms with Crippen LogP contribution in [0.15, 0.2) is 18.2 Å². The van der Waals surface area contributed by atoms with E-state index in [1.807, 2.05) is 6.92 Å². The van der Waals surface area contributed by atoms with Gasteiger partial charge in [-0.3, -0.25) is 4.79 Å². The summed E-state index contributed by atoms with van der Waals surface area (Å²) in [7, 11) is 0. The van der Waals surface area contributed by atoms with E-state index >= 15 is 0 Å². The molecule has 4 nitrogen and oxygen atoms in total. The highest BCUT2D eigenvalue weighted by molar-refractivity contribution is 5.97. The van der Waals surface area contributed by atoms with Crippen molar-refractivity contribution in [3.63, 3.8) is 0 Å². The second kappa shape index (κ2) is 6.70. The maximum absolute atomic E-state index is 13.8. The summed E-state index contributed by atoms with van der Waals surface area (Å²) in [6, 6.07) is 4.01. The number of carbonyl (C=O) groups is 1. The van der Waals surface area contributed by atoms with Gasteiger partial charge in [-0.15, -0.1) is 0 Å². The lowest BCUT2D eigenvalue weighted by Crippen LogP contribution is -2.49. The molecule has 0 aliphatic carbocycles. The van der Waals surface area contributed by atoms with Crippen molar-refractivity contribution in [1.29, 1.82) is 0 Å². The summed E-state index contributed by atoms with van der Waals surface area (Å²) in [5.41, 5.74) is -0.216.